The summed E-state index contributed by atoms with van der Waals surface area (Å²) in [6.07, 6.45) is -4.06. The largest absolute Gasteiger partial charge is 0.411 e. The lowest BCUT2D eigenvalue weighted by molar-refractivity contribution is -0.176. The molecule has 1 aromatic rings. The number of benzene rings is 1. The van der Waals surface area contributed by atoms with Crippen molar-refractivity contribution >= 4 is 18.3 Å². The summed E-state index contributed by atoms with van der Waals surface area (Å²) < 4.78 is 40.3. The van der Waals surface area contributed by atoms with Crippen LogP contribution >= 0.6 is 12.4 Å². The zero-order valence-corrected chi connectivity index (χ0v) is 13.0. The monoisotopic (exact) mass is 340 g/mol. The first kappa shape index (κ1) is 20.7. The van der Waals surface area contributed by atoms with Gasteiger partial charge >= 0.3 is 6.18 Å². The van der Waals surface area contributed by atoms with E-state index in [0.717, 1.165) is 5.56 Å². The molecule has 1 amide bonds. The second-order valence-electron chi connectivity index (χ2n) is 4.88. The maximum Gasteiger partial charge on any atom is 0.411 e. The van der Waals surface area contributed by atoms with Crippen LogP contribution in [0.4, 0.5) is 13.2 Å². The molecule has 0 aromatic heterocycles. The van der Waals surface area contributed by atoms with Gasteiger partial charge in [0, 0.05) is 19.0 Å². The Hall–Kier alpha value is -1.31. The van der Waals surface area contributed by atoms with Crippen LogP contribution in [0.2, 0.25) is 0 Å². The highest BCUT2D eigenvalue weighted by Crippen LogP contribution is 2.15. The standard InChI is InChI=1S/C14H19F3N2O2.ClH/c1-10(18)6-13(20)19-7-11-2-4-12(5-3-11)8-21-9-14(15,16)17;/h2-5,10H,6-9,18H2,1H3,(H,19,20);1H. The summed E-state index contributed by atoms with van der Waals surface area (Å²) in [5, 5.41) is 2.71. The summed E-state index contributed by atoms with van der Waals surface area (Å²) >= 11 is 0. The summed E-state index contributed by atoms with van der Waals surface area (Å²) in [6.45, 7) is 0.740. The van der Waals surface area contributed by atoms with E-state index in [4.69, 9.17) is 5.73 Å². The molecule has 0 saturated heterocycles. The van der Waals surface area contributed by atoms with Crippen molar-refractivity contribution in [1.82, 2.24) is 5.32 Å². The summed E-state index contributed by atoms with van der Waals surface area (Å²) in [5.41, 5.74) is 7.00. The van der Waals surface area contributed by atoms with Crippen LogP contribution < -0.4 is 11.1 Å². The Balaban J connectivity index is 0.00000441. The van der Waals surface area contributed by atoms with E-state index in [-0.39, 0.29) is 37.4 Å². The van der Waals surface area contributed by atoms with Gasteiger partial charge in [0.25, 0.3) is 0 Å². The van der Waals surface area contributed by atoms with Crippen LogP contribution in [-0.2, 0) is 22.7 Å². The summed E-state index contributed by atoms with van der Waals surface area (Å²) in [4.78, 5) is 11.4. The number of ether oxygens (including phenoxy) is 1. The Morgan fingerprint density at radius 1 is 1.27 bits per heavy atom. The molecule has 1 unspecified atom stereocenters. The molecule has 0 radical (unpaired) electrons. The lowest BCUT2D eigenvalue weighted by Crippen LogP contribution is -2.29. The average molecular weight is 341 g/mol. The fourth-order valence-electron chi connectivity index (χ4n) is 1.60. The molecular formula is C14H20ClF3N2O2. The van der Waals surface area contributed by atoms with Gasteiger partial charge in [-0.15, -0.1) is 12.4 Å². The van der Waals surface area contributed by atoms with E-state index in [1.54, 1.807) is 31.2 Å². The molecule has 0 saturated carbocycles. The lowest BCUT2D eigenvalue weighted by Gasteiger charge is -2.09. The fourth-order valence-corrected chi connectivity index (χ4v) is 1.60. The van der Waals surface area contributed by atoms with Crippen molar-refractivity contribution < 1.29 is 22.7 Å². The summed E-state index contributed by atoms with van der Waals surface area (Å²) in [5.74, 6) is -0.136. The molecule has 1 rings (SSSR count). The first-order valence-electron chi connectivity index (χ1n) is 6.51. The summed E-state index contributed by atoms with van der Waals surface area (Å²) in [6, 6.07) is 6.61. The molecule has 0 aliphatic rings. The molecule has 8 heteroatoms. The normalized spacial score (nSPS) is 12.4. The van der Waals surface area contributed by atoms with E-state index in [1.807, 2.05) is 0 Å². The number of nitrogens with one attached hydrogen (secondary N) is 1. The molecule has 0 fully saturated rings. The Morgan fingerprint density at radius 3 is 2.32 bits per heavy atom. The molecule has 22 heavy (non-hydrogen) atoms. The number of amides is 1. The van der Waals surface area contributed by atoms with Crippen LogP contribution in [0, 0.1) is 0 Å². The van der Waals surface area contributed by atoms with E-state index < -0.39 is 12.8 Å². The molecule has 0 aliphatic heterocycles. The minimum absolute atomic E-state index is 0. The van der Waals surface area contributed by atoms with Crippen molar-refractivity contribution in [2.45, 2.75) is 38.7 Å². The highest BCUT2D eigenvalue weighted by molar-refractivity contribution is 5.85. The highest BCUT2D eigenvalue weighted by Gasteiger charge is 2.27. The van der Waals surface area contributed by atoms with Crippen molar-refractivity contribution in [2.24, 2.45) is 5.73 Å². The maximum atomic E-state index is 11.9. The number of hydrogen-bond acceptors (Lipinski definition) is 3. The van der Waals surface area contributed by atoms with Gasteiger partial charge in [0.15, 0.2) is 0 Å². The quantitative estimate of drug-likeness (QED) is 0.801. The average Bonchev–Trinajstić information content (AvgIpc) is 2.35. The van der Waals surface area contributed by atoms with Crippen molar-refractivity contribution in [3.8, 4) is 0 Å². The number of hydrogen-bond donors (Lipinski definition) is 2. The Morgan fingerprint density at radius 2 is 1.82 bits per heavy atom. The number of halogens is 4. The number of carbonyl (C=O) groups excluding carboxylic acids is 1. The second kappa shape index (κ2) is 9.66. The minimum atomic E-state index is -4.32. The van der Waals surface area contributed by atoms with E-state index in [2.05, 4.69) is 10.1 Å². The number of rotatable bonds is 7. The maximum absolute atomic E-state index is 11.9. The van der Waals surface area contributed by atoms with Gasteiger partial charge in [0.2, 0.25) is 5.91 Å². The first-order chi connectivity index (χ1) is 9.76. The third-order valence-electron chi connectivity index (χ3n) is 2.55. The molecular weight excluding hydrogens is 321 g/mol. The van der Waals surface area contributed by atoms with Crippen molar-refractivity contribution in [2.75, 3.05) is 6.61 Å². The lowest BCUT2D eigenvalue weighted by atomic mass is 10.1. The molecule has 126 valence electrons. The third-order valence-corrected chi connectivity index (χ3v) is 2.55. The van der Waals surface area contributed by atoms with Crippen molar-refractivity contribution in [3.63, 3.8) is 0 Å². The van der Waals surface area contributed by atoms with Crippen molar-refractivity contribution in [1.29, 1.82) is 0 Å². The number of carbonyl (C=O) groups is 1. The molecule has 0 aliphatic carbocycles. The minimum Gasteiger partial charge on any atom is -0.367 e. The van der Waals surface area contributed by atoms with Crippen LogP contribution in [-0.4, -0.2) is 24.7 Å². The summed E-state index contributed by atoms with van der Waals surface area (Å²) in [7, 11) is 0. The molecule has 3 N–H and O–H groups in total. The van der Waals surface area contributed by atoms with E-state index >= 15 is 0 Å². The van der Waals surface area contributed by atoms with E-state index in [0.29, 0.717) is 12.1 Å². The predicted molar refractivity (Wildman–Crippen MR) is 79.5 cm³/mol. The van der Waals surface area contributed by atoms with Crippen LogP contribution in [0.25, 0.3) is 0 Å². The smallest absolute Gasteiger partial charge is 0.367 e. The Labute approximate surface area is 133 Å². The fraction of sp³-hybridized carbons (Fsp3) is 0.500. The van der Waals surface area contributed by atoms with Gasteiger partial charge in [0.1, 0.15) is 6.61 Å². The van der Waals surface area contributed by atoms with Gasteiger partial charge in [-0.2, -0.15) is 13.2 Å². The highest BCUT2D eigenvalue weighted by atomic mass is 35.5. The Kier molecular flexibility index (Phi) is 9.08. The second-order valence-corrected chi connectivity index (χ2v) is 4.88. The van der Waals surface area contributed by atoms with Gasteiger partial charge in [-0.1, -0.05) is 24.3 Å². The molecule has 0 heterocycles. The van der Waals surface area contributed by atoms with E-state index in [1.165, 1.54) is 0 Å². The molecule has 0 bridgehead atoms. The van der Waals surface area contributed by atoms with Crippen LogP contribution in [0.3, 0.4) is 0 Å². The third kappa shape index (κ3) is 9.59. The van der Waals surface area contributed by atoms with Gasteiger partial charge in [-0.25, -0.2) is 0 Å². The van der Waals surface area contributed by atoms with Gasteiger partial charge < -0.3 is 15.8 Å². The SMILES string of the molecule is CC(N)CC(=O)NCc1ccc(COCC(F)(F)F)cc1.Cl. The van der Waals surface area contributed by atoms with Gasteiger partial charge in [-0.3, -0.25) is 4.79 Å². The van der Waals surface area contributed by atoms with E-state index in [9.17, 15) is 18.0 Å². The van der Waals surface area contributed by atoms with Crippen molar-refractivity contribution in [3.05, 3.63) is 35.4 Å². The van der Waals surface area contributed by atoms with Gasteiger partial charge in [-0.05, 0) is 18.1 Å². The van der Waals surface area contributed by atoms with Crippen LogP contribution in [0.1, 0.15) is 24.5 Å². The Bertz CT molecular complexity index is 450. The predicted octanol–water partition coefficient (Wildman–Crippen LogP) is 2.54. The molecule has 4 nitrogen and oxygen atoms in total. The molecule has 1 atom stereocenters. The first-order valence-corrected chi connectivity index (χ1v) is 6.51. The van der Waals surface area contributed by atoms with Gasteiger partial charge in [0.05, 0.1) is 6.61 Å². The molecule has 1 aromatic carbocycles. The number of nitrogens with two attached hydrogens (primary N) is 1. The van der Waals surface area contributed by atoms with Crippen LogP contribution in [0.15, 0.2) is 24.3 Å². The van der Waals surface area contributed by atoms with Crippen LogP contribution in [0.5, 0.6) is 0 Å². The topological polar surface area (TPSA) is 64.4 Å². The number of alkyl halides is 3. The zero-order valence-electron chi connectivity index (χ0n) is 12.2. The molecule has 0 spiro atoms. The zero-order chi connectivity index (χ0) is 15.9.